The Morgan fingerprint density at radius 1 is 1.03 bits per heavy atom. The average molecular weight is 476 g/mol. The number of benzene rings is 2. The topological polar surface area (TPSA) is 94.5 Å². The number of ether oxygens (including phenoxy) is 4. The Morgan fingerprint density at radius 2 is 1.73 bits per heavy atom. The number of likely N-dealkylation sites (tertiary alicyclic amines) is 1. The molecule has 0 saturated carbocycles. The van der Waals surface area contributed by atoms with Gasteiger partial charge in [0.05, 0.1) is 44.1 Å². The minimum Gasteiger partial charge on any atom is -0.507 e. The van der Waals surface area contributed by atoms with Crippen LogP contribution < -0.4 is 14.2 Å². The molecule has 1 fully saturated rings. The molecule has 0 spiro atoms. The molecule has 1 saturated heterocycles. The Morgan fingerprint density at radius 3 is 2.33 bits per heavy atom. The minimum atomic E-state index is -0.856. The van der Waals surface area contributed by atoms with E-state index < -0.39 is 17.7 Å². The number of Topliss-reactive ketones (excluding diaryl/α,β-unsaturated/α-hetero) is 1. The molecule has 9 heteroatoms. The zero-order valence-electron chi connectivity index (χ0n) is 18.9. The molecular formula is C24H26ClNO7. The molecular weight excluding hydrogens is 450 g/mol. The summed E-state index contributed by atoms with van der Waals surface area (Å²) < 4.78 is 21.2. The molecule has 1 amide bonds. The molecule has 1 aliphatic heterocycles. The second-order valence-electron chi connectivity index (χ2n) is 7.18. The van der Waals surface area contributed by atoms with Gasteiger partial charge in [0, 0.05) is 19.2 Å². The first-order valence-corrected chi connectivity index (χ1v) is 10.7. The van der Waals surface area contributed by atoms with Gasteiger partial charge in [0.15, 0.2) is 11.5 Å². The molecule has 1 aliphatic rings. The lowest BCUT2D eigenvalue weighted by Gasteiger charge is -2.25. The number of methoxy groups -OCH3 is 3. The van der Waals surface area contributed by atoms with Crippen molar-refractivity contribution in [2.45, 2.75) is 13.0 Å². The maximum atomic E-state index is 13.0. The van der Waals surface area contributed by atoms with E-state index in [1.54, 1.807) is 30.3 Å². The molecule has 8 nitrogen and oxygen atoms in total. The number of hydrogen-bond acceptors (Lipinski definition) is 7. The molecule has 0 aliphatic carbocycles. The summed E-state index contributed by atoms with van der Waals surface area (Å²) in [7, 11) is 4.51. The molecule has 1 atom stereocenters. The molecule has 0 bridgehead atoms. The number of aliphatic hydroxyl groups excluding tert-OH is 1. The molecule has 176 valence electrons. The normalized spacial score (nSPS) is 17.4. The van der Waals surface area contributed by atoms with Crippen LogP contribution in [0.25, 0.3) is 5.76 Å². The Labute approximate surface area is 197 Å². The third-order valence-electron chi connectivity index (χ3n) is 5.30. The smallest absolute Gasteiger partial charge is 0.295 e. The van der Waals surface area contributed by atoms with Crippen LogP contribution in [0.5, 0.6) is 17.2 Å². The number of rotatable bonds is 9. The first-order valence-electron chi connectivity index (χ1n) is 10.3. The summed E-state index contributed by atoms with van der Waals surface area (Å²) in [5.74, 6) is -0.491. The molecule has 0 aromatic heterocycles. The lowest BCUT2D eigenvalue weighted by molar-refractivity contribution is -0.140. The van der Waals surface area contributed by atoms with Gasteiger partial charge in [-0.2, -0.15) is 0 Å². The number of hydrogen-bond donors (Lipinski definition) is 1. The van der Waals surface area contributed by atoms with Gasteiger partial charge in [0.1, 0.15) is 11.5 Å². The molecule has 3 rings (SSSR count). The van der Waals surface area contributed by atoms with E-state index in [1.807, 2.05) is 6.92 Å². The van der Waals surface area contributed by atoms with Gasteiger partial charge in [0.25, 0.3) is 11.7 Å². The molecule has 0 radical (unpaired) electrons. The van der Waals surface area contributed by atoms with Crippen LogP contribution in [-0.2, 0) is 14.3 Å². The average Bonchev–Trinajstić information content (AvgIpc) is 3.07. The van der Waals surface area contributed by atoms with Crippen molar-refractivity contribution < 1.29 is 33.6 Å². The Bertz CT molecular complexity index is 1080. The lowest BCUT2D eigenvalue weighted by atomic mass is 9.95. The molecule has 33 heavy (non-hydrogen) atoms. The number of carbonyl (C=O) groups excluding carboxylic acids is 2. The van der Waals surface area contributed by atoms with Gasteiger partial charge >= 0.3 is 0 Å². The summed E-state index contributed by atoms with van der Waals surface area (Å²) in [5, 5.41) is 11.4. The van der Waals surface area contributed by atoms with E-state index in [1.165, 1.54) is 32.3 Å². The molecule has 2 aromatic carbocycles. The number of nitrogens with zero attached hydrogens (tertiary/aromatic N) is 1. The van der Waals surface area contributed by atoms with E-state index in [2.05, 4.69) is 0 Å². The van der Waals surface area contributed by atoms with Crippen molar-refractivity contribution in [3.05, 3.63) is 58.1 Å². The third-order valence-corrected chi connectivity index (χ3v) is 5.60. The van der Waals surface area contributed by atoms with Crippen LogP contribution >= 0.6 is 11.6 Å². The third kappa shape index (κ3) is 4.77. The summed E-state index contributed by atoms with van der Waals surface area (Å²) in [6, 6.07) is 8.90. The van der Waals surface area contributed by atoms with E-state index in [0.29, 0.717) is 35.0 Å². The fourth-order valence-corrected chi connectivity index (χ4v) is 3.98. The van der Waals surface area contributed by atoms with Crippen LogP contribution in [0.1, 0.15) is 24.1 Å². The van der Waals surface area contributed by atoms with E-state index >= 15 is 0 Å². The highest BCUT2D eigenvalue weighted by Crippen LogP contribution is 2.42. The molecule has 2 aromatic rings. The maximum absolute atomic E-state index is 13.0. The maximum Gasteiger partial charge on any atom is 0.295 e. The second-order valence-corrected chi connectivity index (χ2v) is 7.59. The van der Waals surface area contributed by atoms with Crippen LogP contribution in [0.2, 0.25) is 5.02 Å². The Hall–Kier alpha value is -3.23. The van der Waals surface area contributed by atoms with Gasteiger partial charge < -0.3 is 29.0 Å². The first kappa shape index (κ1) is 24.4. The predicted molar refractivity (Wildman–Crippen MR) is 123 cm³/mol. The number of halogens is 1. The van der Waals surface area contributed by atoms with Crippen molar-refractivity contribution in [2.75, 3.05) is 41.1 Å². The number of ketones is 1. The van der Waals surface area contributed by atoms with Crippen molar-refractivity contribution in [3.8, 4) is 17.2 Å². The van der Waals surface area contributed by atoms with Crippen LogP contribution in [0.4, 0.5) is 0 Å². The predicted octanol–water partition coefficient (Wildman–Crippen LogP) is 3.82. The minimum absolute atomic E-state index is 0.0523. The highest BCUT2D eigenvalue weighted by Gasteiger charge is 2.46. The Kier molecular flexibility index (Phi) is 7.84. The number of amides is 1. The second kappa shape index (κ2) is 10.6. The van der Waals surface area contributed by atoms with Gasteiger partial charge in [-0.25, -0.2) is 0 Å². The van der Waals surface area contributed by atoms with Crippen LogP contribution in [-0.4, -0.2) is 62.8 Å². The number of aliphatic hydroxyl groups is 1. The van der Waals surface area contributed by atoms with Crippen LogP contribution in [0.3, 0.4) is 0 Å². The summed E-state index contributed by atoms with van der Waals surface area (Å²) in [4.78, 5) is 27.3. The Balaban J connectivity index is 2.17. The van der Waals surface area contributed by atoms with Gasteiger partial charge in [-0.3, -0.25) is 9.59 Å². The zero-order valence-corrected chi connectivity index (χ0v) is 19.6. The monoisotopic (exact) mass is 475 g/mol. The van der Waals surface area contributed by atoms with Crippen LogP contribution in [0, 0.1) is 0 Å². The summed E-state index contributed by atoms with van der Waals surface area (Å²) in [6.07, 6.45) is 0. The highest BCUT2D eigenvalue weighted by molar-refractivity contribution is 6.46. The van der Waals surface area contributed by atoms with E-state index in [4.69, 9.17) is 30.5 Å². The van der Waals surface area contributed by atoms with Gasteiger partial charge in [-0.1, -0.05) is 17.7 Å². The quantitative estimate of drug-likeness (QED) is 0.334. The van der Waals surface area contributed by atoms with E-state index in [-0.39, 0.29) is 29.5 Å². The largest absolute Gasteiger partial charge is 0.507 e. The standard InChI is InChI=1S/C24H26ClNO7/c1-5-33-17-8-7-15(12-16(17)25)22(27)20-21(26(10-11-30-2)24(29)23(20)28)14-6-9-18(31-3)19(13-14)32-4/h6-9,12-13,21,27H,5,10-11H2,1-4H3/b22-20-. The van der Waals surface area contributed by atoms with Crippen molar-refractivity contribution in [1.29, 1.82) is 0 Å². The van der Waals surface area contributed by atoms with Gasteiger partial charge in [-0.05, 0) is 42.8 Å². The summed E-state index contributed by atoms with van der Waals surface area (Å²) >= 11 is 6.28. The highest BCUT2D eigenvalue weighted by atomic mass is 35.5. The van der Waals surface area contributed by atoms with E-state index in [0.717, 1.165) is 0 Å². The van der Waals surface area contributed by atoms with Crippen molar-refractivity contribution in [2.24, 2.45) is 0 Å². The zero-order chi connectivity index (χ0) is 24.1. The van der Waals surface area contributed by atoms with Crippen molar-refractivity contribution in [1.82, 2.24) is 4.90 Å². The molecule has 1 heterocycles. The first-order chi connectivity index (χ1) is 15.9. The fraction of sp³-hybridized carbons (Fsp3) is 0.333. The SMILES string of the molecule is CCOc1ccc(/C(O)=C2/C(=O)C(=O)N(CCOC)C2c2ccc(OC)c(OC)c2)cc1Cl. The molecule has 1 unspecified atom stereocenters. The summed E-state index contributed by atoms with van der Waals surface area (Å²) in [6.45, 7) is 2.62. The van der Waals surface area contributed by atoms with Crippen molar-refractivity contribution >= 4 is 29.1 Å². The van der Waals surface area contributed by atoms with Gasteiger partial charge in [-0.15, -0.1) is 0 Å². The fourth-order valence-electron chi connectivity index (χ4n) is 3.75. The van der Waals surface area contributed by atoms with Crippen molar-refractivity contribution in [3.63, 3.8) is 0 Å². The molecule has 1 N–H and O–H groups in total. The van der Waals surface area contributed by atoms with Crippen LogP contribution in [0.15, 0.2) is 42.0 Å². The van der Waals surface area contributed by atoms with Gasteiger partial charge in [0.2, 0.25) is 0 Å². The van der Waals surface area contributed by atoms with E-state index in [9.17, 15) is 14.7 Å². The summed E-state index contributed by atoms with van der Waals surface area (Å²) in [5.41, 5.74) is 0.809. The number of carbonyl (C=O) groups is 2. The lowest BCUT2D eigenvalue weighted by Crippen LogP contribution is -2.32.